The normalized spacial score (nSPS) is 20.1. The molecule has 2 aromatic carbocycles. The van der Waals surface area contributed by atoms with Crippen LogP contribution in [0.3, 0.4) is 0 Å². The number of benzene rings is 2. The molecule has 0 saturated carbocycles. The molecule has 0 bridgehead atoms. The molecule has 1 unspecified atom stereocenters. The number of hydrogen-bond acceptors (Lipinski definition) is 5. The zero-order valence-corrected chi connectivity index (χ0v) is 18.4. The van der Waals surface area contributed by atoms with E-state index in [2.05, 4.69) is 17.4 Å². The van der Waals surface area contributed by atoms with E-state index in [1.54, 1.807) is 6.92 Å². The number of nitrogens with zero attached hydrogens (tertiary/aromatic N) is 1. The number of carboxylic acid groups (broad SMARTS) is 1. The summed E-state index contributed by atoms with van der Waals surface area (Å²) in [4.78, 5) is 37.5. The molecule has 1 aliphatic heterocycles. The SMILES string of the molecule is CC(CCNC(=O)OCC1c2ccccc2-c2ccccc21)C(=O)N1C[C@H](O)C[C@@H]1C(=O)O. The van der Waals surface area contributed by atoms with Gasteiger partial charge < -0.3 is 25.2 Å². The average Bonchev–Trinajstić information content (AvgIpc) is 3.35. The van der Waals surface area contributed by atoms with Gasteiger partial charge in [0.2, 0.25) is 5.91 Å². The van der Waals surface area contributed by atoms with Gasteiger partial charge >= 0.3 is 12.1 Å². The number of carbonyl (C=O) groups is 3. The molecule has 3 atom stereocenters. The van der Waals surface area contributed by atoms with E-state index in [9.17, 15) is 24.6 Å². The Kier molecular flexibility index (Phi) is 6.65. The fourth-order valence-corrected chi connectivity index (χ4v) is 4.74. The van der Waals surface area contributed by atoms with Gasteiger partial charge in [0.05, 0.1) is 6.10 Å². The second-order valence-corrected chi connectivity index (χ2v) is 8.68. The molecule has 1 aliphatic carbocycles. The minimum atomic E-state index is -1.12. The molecule has 174 valence electrons. The minimum absolute atomic E-state index is 0.0138. The third kappa shape index (κ3) is 4.71. The highest BCUT2D eigenvalue weighted by atomic mass is 16.5. The van der Waals surface area contributed by atoms with Gasteiger partial charge in [0.25, 0.3) is 0 Å². The quantitative estimate of drug-likeness (QED) is 0.595. The van der Waals surface area contributed by atoms with Gasteiger partial charge in [-0.3, -0.25) is 4.79 Å². The van der Waals surface area contributed by atoms with Gasteiger partial charge in [-0.1, -0.05) is 55.5 Å². The Hall–Kier alpha value is -3.39. The smallest absolute Gasteiger partial charge is 0.407 e. The average molecular weight is 453 g/mol. The summed E-state index contributed by atoms with van der Waals surface area (Å²) < 4.78 is 5.49. The molecular weight excluding hydrogens is 424 g/mol. The summed E-state index contributed by atoms with van der Waals surface area (Å²) >= 11 is 0. The summed E-state index contributed by atoms with van der Waals surface area (Å²) in [6.45, 7) is 2.13. The molecule has 1 fully saturated rings. The Morgan fingerprint density at radius 2 is 1.70 bits per heavy atom. The van der Waals surface area contributed by atoms with E-state index in [4.69, 9.17) is 4.74 Å². The lowest BCUT2D eigenvalue weighted by atomic mass is 9.98. The summed E-state index contributed by atoms with van der Waals surface area (Å²) in [7, 11) is 0. The van der Waals surface area contributed by atoms with Crippen molar-refractivity contribution >= 4 is 18.0 Å². The van der Waals surface area contributed by atoms with E-state index in [1.807, 2.05) is 36.4 Å². The lowest BCUT2D eigenvalue weighted by Gasteiger charge is -2.24. The molecule has 0 spiro atoms. The van der Waals surface area contributed by atoms with E-state index in [0.717, 1.165) is 22.3 Å². The predicted molar refractivity (Wildman–Crippen MR) is 121 cm³/mol. The number of amides is 2. The van der Waals surface area contributed by atoms with Gasteiger partial charge in [-0.05, 0) is 28.7 Å². The van der Waals surface area contributed by atoms with Gasteiger partial charge in [0.1, 0.15) is 12.6 Å². The lowest BCUT2D eigenvalue weighted by molar-refractivity contribution is -0.149. The summed E-state index contributed by atoms with van der Waals surface area (Å²) in [5.41, 5.74) is 4.57. The second kappa shape index (κ2) is 9.62. The number of aliphatic hydroxyl groups is 1. The Bertz CT molecular complexity index is 1010. The molecule has 2 aromatic rings. The fourth-order valence-electron chi connectivity index (χ4n) is 4.74. The van der Waals surface area contributed by atoms with Crippen LogP contribution in [-0.2, 0) is 14.3 Å². The monoisotopic (exact) mass is 452 g/mol. The maximum atomic E-state index is 12.6. The first kappa shape index (κ1) is 22.8. The molecule has 8 heteroatoms. The third-order valence-corrected chi connectivity index (χ3v) is 6.46. The first-order valence-electron chi connectivity index (χ1n) is 11.2. The van der Waals surface area contributed by atoms with E-state index < -0.39 is 30.1 Å². The van der Waals surface area contributed by atoms with Crippen LogP contribution in [0.2, 0.25) is 0 Å². The molecule has 4 rings (SSSR count). The molecular formula is C25H28N2O6. The lowest BCUT2D eigenvalue weighted by Crippen LogP contribution is -2.43. The maximum Gasteiger partial charge on any atom is 0.407 e. The van der Waals surface area contributed by atoms with Crippen molar-refractivity contribution in [1.82, 2.24) is 10.2 Å². The Morgan fingerprint density at radius 1 is 1.09 bits per heavy atom. The molecule has 8 nitrogen and oxygen atoms in total. The third-order valence-electron chi connectivity index (χ3n) is 6.46. The zero-order chi connectivity index (χ0) is 23.5. The summed E-state index contributed by atoms with van der Waals surface area (Å²) in [6.07, 6.45) is -1.02. The molecule has 1 heterocycles. The summed E-state index contributed by atoms with van der Waals surface area (Å²) in [6, 6.07) is 15.2. The van der Waals surface area contributed by atoms with Crippen molar-refractivity contribution in [3.8, 4) is 11.1 Å². The molecule has 2 aliphatic rings. The van der Waals surface area contributed by atoms with Crippen molar-refractivity contribution in [2.24, 2.45) is 5.92 Å². The van der Waals surface area contributed by atoms with Crippen molar-refractivity contribution in [1.29, 1.82) is 0 Å². The molecule has 2 amide bonds. The van der Waals surface area contributed by atoms with Crippen LogP contribution in [0.4, 0.5) is 4.79 Å². The van der Waals surface area contributed by atoms with Gasteiger partial charge in [0, 0.05) is 31.3 Å². The predicted octanol–water partition coefficient (Wildman–Crippen LogP) is 2.60. The van der Waals surface area contributed by atoms with Crippen LogP contribution in [0.5, 0.6) is 0 Å². The van der Waals surface area contributed by atoms with Gasteiger partial charge in [0.15, 0.2) is 0 Å². The van der Waals surface area contributed by atoms with Crippen LogP contribution < -0.4 is 5.32 Å². The molecule has 0 aromatic heterocycles. The number of ether oxygens (including phenoxy) is 1. The maximum absolute atomic E-state index is 12.6. The van der Waals surface area contributed by atoms with Crippen molar-refractivity contribution in [3.05, 3.63) is 59.7 Å². The van der Waals surface area contributed by atoms with Crippen LogP contribution in [0.1, 0.15) is 36.8 Å². The standard InChI is InChI=1S/C25H28N2O6/c1-15(23(29)27-13-16(28)12-22(27)24(30)31)10-11-26-25(32)33-14-21-19-8-4-2-6-17(19)18-7-3-5-9-20(18)21/h2-9,15-16,21-22,28H,10-14H2,1H3,(H,26,32)(H,30,31)/t15?,16-,22-/m1/s1. The largest absolute Gasteiger partial charge is 0.480 e. The Morgan fingerprint density at radius 3 is 2.30 bits per heavy atom. The molecule has 3 N–H and O–H groups in total. The highest BCUT2D eigenvalue weighted by molar-refractivity contribution is 5.85. The number of aliphatic carboxylic acids is 1. The zero-order valence-electron chi connectivity index (χ0n) is 18.4. The number of hydrogen-bond donors (Lipinski definition) is 3. The number of fused-ring (bicyclic) bond motifs is 3. The number of nitrogens with one attached hydrogen (secondary N) is 1. The highest BCUT2D eigenvalue weighted by Gasteiger charge is 2.40. The minimum Gasteiger partial charge on any atom is -0.480 e. The number of rotatable bonds is 7. The van der Waals surface area contributed by atoms with E-state index in [-0.39, 0.29) is 37.9 Å². The van der Waals surface area contributed by atoms with Gasteiger partial charge in [-0.25, -0.2) is 9.59 Å². The van der Waals surface area contributed by atoms with E-state index >= 15 is 0 Å². The van der Waals surface area contributed by atoms with E-state index in [1.165, 1.54) is 4.90 Å². The topological polar surface area (TPSA) is 116 Å². The van der Waals surface area contributed by atoms with E-state index in [0.29, 0.717) is 6.42 Å². The van der Waals surface area contributed by atoms with Crippen molar-refractivity contribution < 1.29 is 29.3 Å². The number of carboxylic acids is 1. The number of likely N-dealkylation sites (tertiary alicyclic amines) is 1. The second-order valence-electron chi connectivity index (χ2n) is 8.68. The highest BCUT2D eigenvalue weighted by Crippen LogP contribution is 2.44. The van der Waals surface area contributed by atoms with Crippen LogP contribution in [-0.4, -0.2) is 64.9 Å². The van der Waals surface area contributed by atoms with Crippen LogP contribution >= 0.6 is 0 Å². The van der Waals surface area contributed by atoms with Crippen molar-refractivity contribution in [3.63, 3.8) is 0 Å². The number of β-amino-alcohol motifs (C(OH)–C–C–N with tert-alkyl or cyclic N) is 1. The Labute approximate surface area is 192 Å². The van der Waals surface area contributed by atoms with Crippen LogP contribution in [0.15, 0.2) is 48.5 Å². The first-order chi connectivity index (χ1) is 15.9. The van der Waals surface area contributed by atoms with Crippen LogP contribution in [0.25, 0.3) is 11.1 Å². The molecule has 1 saturated heterocycles. The molecule has 0 radical (unpaired) electrons. The summed E-state index contributed by atoms with van der Waals surface area (Å²) in [5.74, 6) is -1.98. The van der Waals surface area contributed by atoms with Gasteiger partial charge in [-0.2, -0.15) is 0 Å². The summed E-state index contributed by atoms with van der Waals surface area (Å²) in [5, 5.41) is 21.7. The number of alkyl carbamates (subject to hydrolysis) is 1. The van der Waals surface area contributed by atoms with Gasteiger partial charge in [-0.15, -0.1) is 0 Å². The number of aliphatic hydroxyl groups excluding tert-OH is 1. The Balaban J connectivity index is 1.27. The fraction of sp³-hybridized carbons (Fsp3) is 0.400. The first-order valence-corrected chi connectivity index (χ1v) is 11.2. The van der Waals surface area contributed by atoms with Crippen molar-refractivity contribution in [2.75, 3.05) is 19.7 Å². The number of carbonyl (C=O) groups excluding carboxylic acids is 2. The molecule has 33 heavy (non-hydrogen) atoms. The van der Waals surface area contributed by atoms with Crippen LogP contribution in [0, 0.1) is 5.92 Å². The van der Waals surface area contributed by atoms with Crippen molar-refractivity contribution in [2.45, 2.75) is 37.8 Å².